The van der Waals surface area contributed by atoms with Gasteiger partial charge < -0.3 is 16.2 Å². The Morgan fingerprint density at radius 2 is 2.20 bits per heavy atom. The Morgan fingerprint density at radius 1 is 1.60 bits per heavy atom. The molecule has 0 aliphatic carbocycles. The Hall–Kier alpha value is -0.260. The number of rotatable bonds is 7. The molecule has 0 fully saturated rings. The molecule has 5 heteroatoms. The zero-order valence-electron chi connectivity index (χ0n) is 9.69. The van der Waals surface area contributed by atoms with E-state index in [0.29, 0.717) is 6.42 Å². The standard InChI is InChI=1S/C10H22N2O2S/c1-4-5-8(11)10(14)12-7(2)9(6-13)15-3/h7-9,13H,4-6,11H2,1-3H3,(H,12,14)/t7?,8-,9?/m1/s1. The summed E-state index contributed by atoms with van der Waals surface area (Å²) in [6.07, 6.45) is 3.51. The van der Waals surface area contributed by atoms with Gasteiger partial charge >= 0.3 is 0 Å². The van der Waals surface area contributed by atoms with E-state index in [1.54, 1.807) is 0 Å². The van der Waals surface area contributed by atoms with Crippen LogP contribution < -0.4 is 11.1 Å². The van der Waals surface area contributed by atoms with Crippen molar-refractivity contribution in [1.82, 2.24) is 5.32 Å². The second kappa shape index (κ2) is 7.96. The number of amides is 1. The topological polar surface area (TPSA) is 75.4 Å². The van der Waals surface area contributed by atoms with Crippen molar-refractivity contribution in [3.8, 4) is 0 Å². The quantitative estimate of drug-likeness (QED) is 0.594. The average Bonchev–Trinajstić information content (AvgIpc) is 2.19. The molecule has 1 amide bonds. The summed E-state index contributed by atoms with van der Waals surface area (Å²) in [6.45, 7) is 3.94. The molecule has 0 aliphatic rings. The van der Waals surface area contributed by atoms with Crippen molar-refractivity contribution >= 4 is 17.7 Å². The number of hydrogen-bond acceptors (Lipinski definition) is 4. The molecule has 90 valence electrons. The lowest BCUT2D eigenvalue weighted by molar-refractivity contribution is -0.123. The summed E-state index contributed by atoms with van der Waals surface area (Å²) >= 11 is 1.54. The van der Waals surface area contributed by atoms with Gasteiger partial charge in [-0.1, -0.05) is 13.3 Å². The van der Waals surface area contributed by atoms with E-state index in [2.05, 4.69) is 5.32 Å². The Bertz CT molecular complexity index is 186. The molecule has 0 saturated carbocycles. The molecule has 4 N–H and O–H groups in total. The molecule has 0 aromatic carbocycles. The van der Waals surface area contributed by atoms with Crippen LogP contribution in [0.15, 0.2) is 0 Å². The maximum absolute atomic E-state index is 11.6. The summed E-state index contributed by atoms with van der Waals surface area (Å²) in [5, 5.41) is 11.9. The van der Waals surface area contributed by atoms with Crippen molar-refractivity contribution in [3.63, 3.8) is 0 Å². The molecule has 15 heavy (non-hydrogen) atoms. The van der Waals surface area contributed by atoms with E-state index in [1.807, 2.05) is 20.1 Å². The first kappa shape index (κ1) is 14.7. The number of thioether (sulfide) groups is 1. The van der Waals surface area contributed by atoms with Gasteiger partial charge in [-0.2, -0.15) is 11.8 Å². The molecule has 0 spiro atoms. The summed E-state index contributed by atoms with van der Waals surface area (Å²) < 4.78 is 0. The number of carbonyl (C=O) groups is 1. The number of nitrogens with one attached hydrogen (secondary N) is 1. The van der Waals surface area contributed by atoms with Crippen molar-refractivity contribution in [1.29, 1.82) is 0 Å². The number of carbonyl (C=O) groups excluding carboxylic acids is 1. The maximum atomic E-state index is 11.6. The van der Waals surface area contributed by atoms with Crippen molar-refractivity contribution in [3.05, 3.63) is 0 Å². The molecular formula is C10H22N2O2S. The normalized spacial score (nSPS) is 16.9. The molecule has 4 nitrogen and oxygen atoms in total. The second-order valence-corrected chi connectivity index (χ2v) is 4.73. The first-order chi connectivity index (χ1) is 7.06. The summed E-state index contributed by atoms with van der Waals surface area (Å²) in [5.74, 6) is -0.128. The highest BCUT2D eigenvalue weighted by Gasteiger charge is 2.20. The first-order valence-corrected chi connectivity index (χ1v) is 6.55. The second-order valence-electron chi connectivity index (χ2n) is 3.65. The van der Waals surface area contributed by atoms with Gasteiger partial charge in [-0.3, -0.25) is 4.79 Å². The Kier molecular flexibility index (Phi) is 7.82. The van der Waals surface area contributed by atoms with Gasteiger partial charge in [-0.05, 0) is 19.6 Å². The summed E-state index contributed by atoms with van der Waals surface area (Å²) in [6, 6.07) is -0.487. The highest BCUT2D eigenvalue weighted by atomic mass is 32.2. The monoisotopic (exact) mass is 234 g/mol. The predicted molar refractivity (Wildman–Crippen MR) is 64.9 cm³/mol. The van der Waals surface area contributed by atoms with Crippen LogP contribution in [0.5, 0.6) is 0 Å². The lowest BCUT2D eigenvalue weighted by atomic mass is 10.1. The van der Waals surface area contributed by atoms with Gasteiger partial charge in [0.15, 0.2) is 0 Å². The van der Waals surface area contributed by atoms with Gasteiger partial charge in [0.05, 0.1) is 12.6 Å². The number of aliphatic hydroxyl groups is 1. The van der Waals surface area contributed by atoms with E-state index >= 15 is 0 Å². The van der Waals surface area contributed by atoms with Crippen LogP contribution in [0.1, 0.15) is 26.7 Å². The number of aliphatic hydroxyl groups excluding tert-OH is 1. The smallest absolute Gasteiger partial charge is 0.237 e. The maximum Gasteiger partial charge on any atom is 0.237 e. The summed E-state index contributed by atoms with van der Waals surface area (Å²) in [5.41, 5.74) is 5.68. The third-order valence-electron chi connectivity index (χ3n) is 2.35. The van der Waals surface area contributed by atoms with Gasteiger partial charge in [0.1, 0.15) is 0 Å². The van der Waals surface area contributed by atoms with Crippen LogP contribution in [0.4, 0.5) is 0 Å². The summed E-state index contributed by atoms with van der Waals surface area (Å²) in [4.78, 5) is 11.6. The van der Waals surface area contributed by atoms with Gasteiger partial charge in [0.2, 0.25) is 5.91 Å². The molecule has 0 bridgehead atoms. The number of nitrogens with two attached hydrogens (primary N) is 1. The molecule has 0 aromatic rings. The van der Waals surface area contributed by atoms with Crippen molar-refractivity contribution in [2.24, 2.45) is 5.73 Å². The minimum atomic E-state index is -0.432. The Labute approximate surface area is 96.0 Å². The molecule has 2 unspecified atom stereocenters. The molecule has 0 rings (SSSR count). The third kappa shape index (κ3) is 5.39. The van der Waals surface area contributed by atoms with Crippen molar-refractivity contribution in [2.75, 3.05) is 12.9 Å². The van der Waals surface area contributed by atoms with Gasteiger partial charge in [0, 0.05) is 11.3 Å². The SMILES string of the molecule is CCC[C@@H](N)C(=O)NC(C)C(CO)SC. The van der Waals surface area contributed by atoms with E-state index in [9.17, 15) is 4.79 Å². The average molecular weight is 234 g/mol. The molecular weight excluding hydrogens is 212 g/mol. The molecule has 3 atom stereocenters. The largest absolute Gasteiger partial charge is 0.395 e. The van der Waals surface area contributed by atoms with E-state index in [4.69, 9.17) is 10.8 Å². The fourth-order valence-corrected chi connectivity index (χ4v) is 1.93. The highest BCUT2D eigenvalue weighted by Crippen LogP contribution is 2.10. The van der Waals surface area contributed by atoms with Gasteiger partial charge in [0.25, 0.3) is 0 Å². The summed E-state index contributed by atoms with van der Waals surface area (Å²) in [7, 11) is 0. The fraction of sp³-hybridized carbons (Fsp3) is 0.900. The molecule has 0 saturated heterocycles. The van der Waals surface area contributed by atoms with E-state index in [0.717, 1.165) is 6.42 Å². The Morgan fingerprint density at radius 3 is 2.60 bits per heavy atom. The molecule has 0 radical (unpaired) electrons. The molecule has 0 heterocycles. The molecule has 0 aliphatic heterocycles. The van der Waals surface area contributed by atoms with Crippen LogP contribution in [0.2, 0.25) is 0 Å². The first-order valence-electron chi connectivity index (χ1n) is 5.26. The minimum absolute atomic E-state index is 0.0303. The molecule has 0 aromatic heterocycles. The van der Waals surface area contributed by atoms with Crippen molar-refractivity contribution < 1.29 is 9.90 Å². The van der Waals surface area contributed by atoms with Crippen LogP contribution in [-0.2, 0) is 4.79 Å². The predicted octanol–water partition coefficient (Wildman–Crippen LogP) is 0.342. The van der Waals surface area contributed by atoms with Crippen LogP contribution >= 0.6 is 11.8 Å². The lowest BCUT2D eigenvalue weighted by Gasteiger charge is -2.23. The zero-order valence-corrected chi connectivity index (χ0v) is 10.5. The number of hydrogen-bond donors (Lipinski definition) is 3. The van der Waals surface area contributed by atoms with Crippen LogP contribution in [-0.4, -0.2) is 41.2 Å². The van der Waals surface area contributed by atoms with Crippen LogP contribution in [0, 0.1) is 0 Å². The lowest BCUT2D eigenvalue weighted by Crippen LogP contribution is -2.48. The van der Waals surface area contributed by atoms with Gasteiger partial charge in [-0.15, -0.1) is 0 Å². The minimum Gasteiger partial charge on any atom is -0.395 e. The van der Waals surface area contributed by atoms with E-state index in [1.165, 1.54) is 11.8 Å². The fourth-order valence-electron chi connectivity index (χ4n) is 1.30. The Balaban J connectivity index is 4.04. The highest BCUT2D eigenvalue weighted by molar-refractivity contribution is 7.99. The van der Waals surface area contributed by atoms with Crippen molar-refractivity contribution in [2.45, 2.75) is 44.0 Å². The van der Waals surface area contributed by atoms with Crippen LogP contribution in [0.25, 0.3) is 0 Å². The van der Waals surface area contributed by atoms with E-state index in [-0.39, 0.29) is 23.8 Å². The van der Waals surface area contributed by atoms with E-state index < -0.39 is 6.04 Å². The van der Waals surface area contributed by atoms with Gasteiger partial charge in [-0.25, -0.2) is 0 Å². The third-order valence-corrected chi connectivity index (χ3v) is 3.51. The zero-order chi connectivity index (χ0) is 11.8. The van der Waals surface area contributed by atoms with Crippen LogP contribution in [0.3, 0.4) is 0 Å².